The topological polar surface area (TPSA) is 125 Å². The van der Waals surface area contributed by atoms with Crippen LogP contribution in [0.5, 0.6) is 0 Å². The van der Waals surface area contributed by atoms with Crippen molar-refractivity contribution in [3.8, 4) is 11.5 Å². The number of ether oxygens (including phenoxy) is 1. The summed E-state index contributed by atoms with van der Waals surface area (Å²) in [6, 6.07) is 0. The highest BCUT2D eigenvalue weighted by Crippen LogP contribution is 2.27. The molecule has 126 valence electrons. The van der Waals surface area contributed by atoms with Crippen molar-refractivity contribution in [2.24, 2.45) is 0 Å². The van der Waals surface area contributed by atoms with Gasteiger partial charge in [-0.25, -0.2) is 4.79 Å². The molecular formula is C14H20N2O6Si. The quantitative estimate of drug-likeness (QED) is 0.379. The molecule has 2 heterocycles. The number of aromatic nitrogens is 2. The van der Waals surface area contributed by atoms with Crippen molar-refractivity contribution in [3.63, 3.8) is 0 Å². The van der Waals surface area contributed by atoms with Crippen molar-refractivity contribution < 1.29 is 20.1 Å². The molecule has 4 N–H and O–H groups in total. The number of hydrogen-bond donors (Lipinski definition) is 4. The Balaban J connectivity index is 2.46. The lowest BCUT2D eigenvalue weighted by molar-refractivity contribution is -0.0550. The molecule has 0 aromatic carbocycles. The second kappa shape index (κ2) is 6.43. The Bertz CT molecular complexity index is 753. The third kappa shape index (κ3) is 3.80. The van der Waals surface area contributed by atoms with E-state index in [2.05, 4.69) is 16.4 Å². The smallest absolute Gasteiger partial charge is 0.330 e. The van der Waals surface area contributed by atoms with E-state index in [0.717, 1.165) is 4.57 Å². The molecule has 4 atom stereocenters. The number of aliphatic hydroxyl groups excluding tert-OH is 3. The largest absolute Gasteiger partial charge is 0.394 e. The number of hydrogen-bond acceptors (Lipinski definition) is 6. The predicted molar refractivity (Wildman–Crippen MR) is 84.6 cm³/mol. The molecule has 1 saturated heterocycles. The van der Waals surface area contributed by atoms with Gasteiger partial charge in [-0.1, -0.05) is 25.6 Å². The number of aromatic amines is 1. The first kappa shape index (κ1) is 17.6. The van der Waals surface area contributed by atoms with Crippen LogP contribution >= 0.6 is 0 Å². The summed E-state index contributed by atoms with van der Waals surface area (Å²) in [5.41, 5.74) is 1.68. The molecule has 1 aliphatic rings. The molecule has 1 fully saturated rings. The van der Waals surface area contributed by atoms with E-state index < -0.39 is 50.5 Å². The van der Waals surface area contributed by atoms with Crippen LogP contribution in [0, 0.1) is 11.5 Å². The summed E-state index contributed by atoms with van der Waals surface area (Å²) in [6.45, 7) is 5.53. The molecule has 1 aromatic heterocycles. The number of nitrogens with zero attached hydrogens (tertiary/aromatic N) is 1. The van der Waals surface area contributed by atoms with Crippen LogP contribution in [-0.4, -0.2) is 57.9 Å². The molecule has 1 aliphatic heterocycles. The van der Waals surface area contributed by atoms with Gasteiger partial charge in [0.1, 0.15) is 31.9 Å². The molecule has 0 saturated carbocycles. The molecule has 0 bridgehead atoms. The molecule has 9 heteroatoms. The highest BCUT2D eigenvalue weighted by molar-refractivity contribution is 6.83. The normalized spacial score (nSPS) is 27.6. The van der Waals surface area contributed by atoms with Gasteiger partial charge in [0.05, 0.1) is 6.61 Å². The summed E-state index contributed by atoms with van der Waals surface area (Å²) < 4.78 is 6.27. The number of aliphatic hydroxyl groups is 3. The maximum Gasteiger partial charge on any atom is 0.330 e. The zero-order valence-electron chi connectivity index (χ0n) is 13.1. The van der Waals surface area contributed by atoms with Gasteiger partial charge in [0.25, 0.3) is 5.56 Å². The Hall–Kier alpha value is -1.70. The third-order valence-electron chi connectivity index (χ3n) is 3.33. The van der Waals surface area contributed by atoms with Gasteiger partial charge in [0.15, 0.2) is 6.23 Å². The van der Waals surface area contributed by atoms with Gasteiger partial charge in [-0.3, -0.25) is 14.3 Å². The maximum atomic E-state index is 12.0. The molecule has 8 nitrogen and oxygen atoms in total. The van der Waals surface area contributed by atoms with E-state index in [1.165, 1.54) is 6.20 Å². The molecule has 0 aliphatic carbocycles. The van der Waals surface area contributed by atoms with E-state index in [1.807, 2.05) is 19.6 Å². The fourth-order valence-corrected chi connectivity index (χ4v) is 2.64. The zero-order valence-corrected chi connectivity index (χ0v) is 14.1. The van der Waals surface area contributed by atoms with Crippen LogP contribution in [-0.2, 0) is 4.74 Å². The van der Waals surface area contributed by atoms with E-state index in [9.17, 15) is 19.8 Å². The third-order valence-corrected chi connectivity index (χ3v) is 4.21. The average molecular weight is 340 g/mol. The van der Waals surface area contributed by atoms with Crippen LogP contribution in [0.25, 0.3) is 0 Å². The summed E-state index contributed by atoms with van der Waals surface area (Å²) in [4.78, 5) is 25.9. The van der Waals surface area contributed by atoms with Gasteiger partial charge in [-0.15, -0.1) is 5.54 Å². The Kier molecular flexibility index (Phi) is 4.93. The fourth-order valence-electron chi connectivity index (χ4n) is 2.13. The SMILES string of the molecule is C[Si](C)(C)C#Cc1cn([C@@H]2O[C@H](CO)[C@@H](O)[C@H]2O)c(=O)[nH]c1=O. The molecule has 0 radical (unpaired) electrons. The first-order chi connectivity index (χ1) is 10.6. The molecule has 23 heavy (non-hydrogen) atoms. The van der Waals surface area contributed by atoms with E-state index in [1.54, 1.807) is 0 Å². The van der Waals surface area contributed by atoms with E-state index >= 15 is 0 Å². The summed E-state index contributed by atoms with van der Waals surface area (Å²) in [6.07, 6.45) is -3.76. The van der Waals surface area contributed by atoms with Gasteiger partial charge < -0.3 is 20.1 Å². The first-order valence-electron chi connectivity index (χ1n) is 7.15. The Morgan fingerprint density at radius 1 is 1.30 bits per heavy atom. The lowest BCUT2D eigenvalue weighted by Gasteiger charge is -2.17. The monoisotopic (exact) mass is 340 g/mol. The molecule has 0 amide bonds. The summed E-state index contributed by atoms with van der Waals surface area (Å²) in [5, 5.41) is 28.9. The average Bonchev–Trinajstić information content (AvgIpc) is 2.73. The van der Waals surface area contributed by atoms with Crippen LogP contribution in [0.15, 0.2) is 15.8 Å². The summed E-state index contributed by atoms with van der Waals surface area (Å²) in [7, 11) is -1.72. The summed E-state index contributed by atoms with van der Waals surface area (Å²) in [5.74, 6) is 2.75. The van der Waals surface area contributed by atoms with Crippen molar-refractivity contribution in [1.29, 1.82) is 0 Å². The predicted octanol–water partition coefficient (Wildman–Crippen LogP) is -1.62. The van der Waals surface area contributed by atoms with Gasteiger partial charge in [-0.05, 0) is 0 Å². The first-order valence-corrected chi connectivity index (χ1v) is 10.6. The van der Waals surface area contributed by atoms with Crippen molar-refractivity contribution in [3.05, 3.63) is 32.6 Å². The van der Waals surface area contributed by atoms with Gasteiger partial charge in [0, 0.05) is 6.20 Å². The lowest BCUT2D eigenvalue weighted by atomic mass is 10.1. The van der Waals surface area contributed by atoms with E-state index in [0.29, 0.717) is 0 Å². The van der Waals surface area contributed by atoms with Crippen molar-refractivity contribution in [1.82, 2.24) is 9.55 Å². The van der Waals surface area contributed by atoms with Crippen LogP contribution in [0.3, 0.4) is 0 Å². The Morgan fingerprint density at radius 3 is 2.48 bits per heavy atom. The van der Waals surface area contributed by atoms with Gasteiger partial charge in [0.2, 0.25) is 0 Å². The molecule has 1 aromatic rings. The molecule has 2 rings (SSSR count). The fraction of sp³-hybridized carbons (Fsp3) is 0.571. The molecular weight excluding hydrogens is 320 g/mol. The van der Waals surface area contributed by atoms with Crippen LogP contribution in [0.4, 0.5) is 0 Å². The van der Waals surface area contributed by atoms with Crippen molar-refractivity contribution in [2.45, 2.75) is 44.2 Å². The maximum absolute atomic E-state index is 12.0. The minimum atomic E-state index is -1.72. The minimum Gasteiger partial charge on any atom is -0.394 e. The number of H-pyrrole nitrogens is 1. The standard InChI is InChI=1S/C14H20N2O6Si/c1-23(2,3)5-4-8-6-16(14(21)15-12(8)20)13-11(19)10(18)9(7-17)22-13/h6,9-11,13,17-19H,7H2,1-3H3,(H,15,20,21)/t9-,10-,11-,13-/m1/s1. The summed E-state index contributed by atoms with van der Waals surface area (Å²) >= 11 is 0. The molecule has 0 spiro atoms. The number of rotatable bonds is 2. The highest BCUT2D eigenvalue weighted by atomic mass is 28.3. The number of nitrogens with one attached hydrogen (secondary N) is 1. The van der Waals surface area contributed by atoms with E-state index in [-0.39, 0.29) is 5.56 Å². The second-order valence-corrected chi connectivity index (χ2v) is 11.2. The highest BCUT2D eigenvalue weighted by Gasteiger charge is 2.43. The van der Waals surface area contributed by atoms with Gasteiger partial charge >= 0.3 is 5.69 Å². The van der Waals surface area contributed by atoms with Crippen molar-refractivity contribution in [2.75, 3.05) is 6.61 Å². The Labute approximate surface area is 133 Å². The van der Waals surface area contributed by atoms with Crippen LogP contribution in [0.1, 0.15) is 11.8 Å². The second-order valence-electron chi connectivity index (χ2n) is 6.44. The Morgan fingerprint density at radius 2 is 1.96 bits per heavy atom. The zero-order chi connectivity index (χ0) is 17.4. The lowest BCUT2D eigenvalue weighted by Crippen LogP contribution is -2.38. The minimum absolute atomic E-state index is 0.0739. The van der Waals surface area contributed by atoms with Gasteiger partial charge in [-0.2, -0.15) is 0 Å². The van der Waals surface area contributed by atoms with Crippen LogP contribution < -0.4 is 11.2 Å². The van der Waals surface area contributed by atoms with E-state index in [4.69, 9.17) is 9.84 Å². The van der Waals surface area contributed by atoms with Crippen LogP contribution in [0.2, 0.25) is 19.6 Å². The van der Waals surface area contributed by atoms with Crippen molar-refractivity contribution >= 4 is 8.07 Å². The molecule has 0 unspecified atom stereocenters.